The second-order valence-electron chi connectivity index (χ2n) is 5.32. The highest BCUT2D eigenvalue weighted by Crippen LogP contribution is 2.27. The van der Waals surface area contributed by atoms with Crippen LogP contribution in [0.3, 0.4) is 0 Å². The second kappa shape index (κ2) is 5.71. The van der Waals surface area contributed by atoms with Gasteiger partial charge in [0.2, 0.25) is 0 Å². The second-order valence-corrected chi connectivity index (χ2v) is 6.07. The molecule has 1 aliphatic rings. The Morgan fingerprint density at radius 2 is 2.15 bits per heavy atom. The summed E-state index contributed by atoms with van der Waals surface area (Å²) in [5, 5.41) is 4.07. The highest BCUT2D eigenvalue weighted by molar-refractivity contribution is 7.09. The number of aromatic nitrogens is 2. The molecular formula is C15H17N3OS. The third-order valence-corrected chi connectivity index (χ3v) is 4.45. The average molecular weight is 287 g/mol. The van der Waals surface area contributed by atoms with E-state index in [1.54, 1.807) is 0 Å². The first kappa shape index (κ1) is 13.2. The molecule has 20 heavy (non-hydrogen) atoms. The Labute approximate surface area is 122 Å². The minimum absolute atomic E-state index is 0.0177. The van der Waals surface area contributed by atoms with Crippen molar-refractivity contribution in [1.82, 2.24) is 14.5 Å². The molecule has 1 fully saturated rings. The zero-order valence-electron chi connectivity index (χ0n) is 11.5. The van der Waals surface area contributed by atoms with Crippen LogP contribution in [0.1, 0.15) is 30.3 Å². The molecule has 3 rings (SSSR count). The topological polar surface area (TPSA) is 46.1 Å². The van der Waals surface area contributed by atoms with E-state index in [1.807, 2.05) is 35.2 Å². The molecule has 0 N–H and O–H groups in total. The Morgan fingerprint density at radius 3 is 2.90 bits per heavy atom. The van der Waals surface area contributed by atoms with Crippen LogP contribution in [0.25, 0.3) is 10.4 Å². The number of likely N-dealkylation sites (tertiary alicyclic amines) is 1. The Hall–Kier alpha value is -1.75. The zero-order chi connectivity index (χ0) is 13.9. The lowest BCUT2D eigenvalue weighted by Crippen LogP contribution is -2.39. The van der Waals surface area contributed by atoms with E-state index in [1.165, 1.54) is 18.0 Å². The van der Waals surface area contributed by atoms with Crippen molar-refractivity contribution in [3.63, 3.8) is 0 Å². The smallest absolute Gasteiger partial charge is 0.275 e. The van der Waals surface area contributed by atoms with Crippen molar-refractivity contribution in [2.45, 2.75) is 19.8 Å². The molecule has 1 aliphatic heterocycles. The fourth-order valence-electron chi connectivity index (χ4n) is 2.63. The average Bonchev–Trinajstić information content (AvgIpc) is 2.97. The fraction of sp³-hybridized carbons (Fsp3) is 0.400. The van der Waals surface area contributed by atoms with Crippen LogP contribution in [0.2, 0.25) is 0 Å². The van der Waals surface area contributed by atoms with E-state index in [0.717, 1.165) is 30.0 Å². The van der Waals surface area contributed by atoms with Gasteiger partial charge in [-0.15, -0.1) is 5.10 Å². The number of nitrogens with zero attached hydrogens (tertiary/aromatic N) is 3. The highest BCUT2D eigenvalue weighted by atomic mass is 32.1. The van der Waals surface area contributed by atoms with Gasteiger partial charge >= 0.3 is 0 Å². The number of hydrogen-bond acceptors (Lipinski definition) is 4. The van der Waals surface area contributed by atoms with Crippen LogP contribution < -0.4 is 0 Å². The molecule has 2 aromatic rings. The van der Waals surface area contributed by atoms with E-state index < -0.39 is 0 Å². The molecule has 1 aromatic carbocycles. The maximum absolute atomic E-state index is 12.6. The summed E-state index contributed by atoms with van der Waals surface area (Å²) in [4.78, 5) is 15.4. The number of benzene rings is 1. The lowest BCUT2D eigenvalue weighted by Gasteiger charge is -2.30. The molecule has 5 heteroatoms. The van der Waals surface area contributed by atoms with E-state index in [-0.39, 0.29) is 5.91 Å². The highest BCUT2D eigenvalue weighted by Gasteiger charge is 2.26. The maximum Gasteiger partial charge on any atom is 0.275 e. The summed E-state index contributed by atoms with van der Waals surface area (Å²) < 4.78 is 3.98. The van der Waals surface area contributed by atoms with Crippen LogP contribution >= 0.6 is 11.5 Å². The first-order valence-electron chi connectivity index (χ1n) is 6.93. The van der Waals surface area contributed by atoms with E-state index >= 15 is 0 Å². The number of hydrogen-bond donors (Lipinski definition) is 0. The number of piperidine rings is 1. The van der Waals surface area contributed by atoms with Crippen molar-refractivity contribution >= 4 is 17.4 Å². The van der Waals surface area contributed by atoms with Gasteiger partial charge in [-0.1, -0.05) is 41.7 Å². The predicted octanol–water partition coefficient (Wildman–Crippen LogP) is 3.08. The standard InChI is InChI=1S/C15H17N3OS/c1-11-6-5-9-18(10-11)15(19)13-14(20-17-16-13)12-7-3-2-4-8-12/h2-4,7-8,11H,5-6,9-10H2,1H3/t11-/m0/s1. The predicted molar refractivity (Wildman–Crippen MR) is 79.6 cm³/mol. The molecule has 1 amide bonds. The fourth-order valence-corrected chi connectivity index (χ4v) is 3.29. The summed E-state index contributed by atoms with van der Waals surface area (Å²) in [5.74, 6) is 0.587. The van der Waals surface area contributed by atoms with Gasteiger partial charge in [-0.05, 0) is 35.9 Å². The van der Waals surface area contributed by atoms with Gasteiger partial charge in [-0.25, -0.2) is 0 Å². The molecular weight excluding hydrogens is 270 g/mol. The van der Waals surface area contributed by atoms with Gasteiger partial charge in [0.1, 0.15) is 0 Å². The Bertz CT molecular complexity index is 596. The lowest BCUT2D eigenvalue weighted by molar-refractivity contribution is 0.0678. The summed E-state index contributed by atoms with van der Waals surface area (Å²) >= 11 is 1.29. The number of carbonyl (C=O) groups is 1. The maximum atomic E-state index is 12.6. The molecule has 0 bridgehead atoms. The van der Waals surface area contributed by atoms with Crippen molar-refractivity contribution in [3.05, 3.63) is 36.0 Å². The van der Waals surface area contributed by atoms with E-state index in [0.29, 0.717) is 11.6 Å². The lowest BCUT2D eigenvalue weighted by atomic mass is 10.00. The van der Waals surface area contributed by atoms with Gasteiger partial charge < -0.3 is 4.90 Å². The van der Waals surface area contributed by atoms with Crippen LogP contribution in [0, 0.1) is 5.92 Å². The summed E-state index contributed by atoms with van der Waals surface area (Å²) in [5.41, 5.74) is 1.51. The monoisotopic (exact) mass is 287 g/mol. The Balaban J connectivity index is 1.88. The number of carbonyl (C=O) groups excluding carboxylic acids is 1. The van der Waals surface area contributed by atoms with Crippen LogP contribution in [0.15, 0.2) is 30.3 Å². The third-order valence-electron chi connectivity index (χ3n) is 3.67. The van der Waals surface area contributed by atoms with Crippen molar-refractivity contribution in [3.8, 4) is 10.4 Å². The van der Waals surface area contributed by atoms with Gasteiger partial charge in [0, 0.05) is 13.1 Å². The Kier molecular flexibility index (Phi) is 3.78. The van der Waals surface area contributed by atoms with Crippen molar-refractivity contribution < 1.29 is 4.79 Å². The van der Waals surface area contributed by atoms with Crippen molar-refractivity contribution in [2.24, 2.45) is 5.92 Å². The molecule has 2 heterocycles. The van der Waals surface area contributed by atoms with Gasteiger partial charge in [-0.3, -0.25) is 4.79 Å². The largest absolute Gasteiger partial charge is 0.337 e. The minimum Gasteiger partial charge on any atom is -0.337 e. The molecule has 1 atom stereocenters. The van der Waals surface area contributed by atoms with Crippen molar-refractivity contribution in [2.75, 3.05) is 13.1 Å². The van der Waals surface area contributed by atoms with Crippen LogP contribution in [-0.2, 0) is 0 Å². The van der Waals surface area contributed by atoms with Gasteiger partial charge in [0.15, 0.2) is 5.69 Å². The Morgan fingerprint density at radius 1 is 1.35 bits per heavy atom. The van der Waals surface area contributed by atoms with Crippen LogP contribution in [0.4, 0.5) is 0 Å². The first-order valence-corrected chi connectivity index (χ1v) is 7.70. The summed E-state index contributed by atoms with van der Waals surface area (Å²) in [6.07, 6.45) is 2.27. The van der Waals surface area contributed by atoms with Gasteiger partial charge in [0.25, 0.3) is 5.91 Å². The molecule has 0 spiro atoms. The number of rotatable bonds is 2. The summed E-state index contributed by atoms with van der Waals surface area (Å²) in [6, 6.07) is 9.87. The molecule has 1 saturated heterocycles. The molecule has 104 valence electrons. The third kappa shape index (κ3) is 2.58. The van der Waals surface area contributed by atoms with Gasteiger partial charge in [-0.2, -0.15) is 0 Å². The van der Waals surface area contributed by atoms with Crippen LogP contribution in [-0.4, -0.2) is 33.5 Å². The molecule has 0 saturated carbocycles. The molecule has 4 nitrogen and oxygen atoms in total. The van der Waals surface area contributed by atoms with Crippen LogP contribution in [0.5, 0.6) is 0 Å². The zero-order valence-corrected chi connectivity index (χ0v) is 12.3. The van der Waals surface area contributed by atoms with E-state index in [9.17, 15) is 4.79 Å². The van der Waals surface area contributed by atoms with Crippen molar-refractivity contribution in [1.29, 1.82) is 0 Å². The molecule has 0 aliphatic carbocycles. The van der Waals surface area contributed by atoms with E-state index in [2.05, 4.69) is 16.5 Å². The first-order chi connectivity index (χ1) is 9.75. The summed E-state index contributed by atoms with van der Waals surface area (Å²) in [6.45, 7) is 3.84. The minimum atomic E-state index is 0.0177. The SMILES string of the molecule is C[C@H]1CCCN(C(=O)c2nnsc2-c2ccccc2)C1. The van der Waals surface area contributed by atoms with Gasteiger partial charge in [0.05, 0.1) is 4.88 Å². The van der Waals surface area contributed by atoms with E-state index in [4.69, 9.17) is 0 Å². The molecule has 0 unspecified atom stereocenters. The normalized spacial score (nSPS) is 19.1. The number of amides is 1. The quantitative estimate of drug-likeness (QED) is 0.852. The molecule has 0 radical (unpaired) electrons. The molecule has 1 aromatic heterocycles. The summed E-state index contributed by atoms with van der Waals surface area (Å²) in [7, 11) is 0.